The quantitative estimate of drug-likeness (QED) is 0.453. The van der Waals surface area contributed by atoms with Crippen LogP contribution in [0.2, 0.25) is 0 Å². The maximum atomic E-state index is 11.2. The minimum atomic E-state index is 0.116. The van der Waals surface area contributed by atoms with Crippen molar-refractivity contribution in [3.05, 3.63) is 58.7 Å². The Kier molecular flexibility index (Phi) is 4.58. The van der Waals surface area contributed by atoms with E-state index in [0.29, 0.717) is 5.92 Å². The van der Waals surface area contributed by atoms with Crippen molar-refractivity contribution in [1.29, 1.82) is 0 Å². The van der Waals surface area contributed by atoms with E-state index in [1.54, 1.807) is 18.6 Å². The van der Waals surface area contributed by atoms with Gasteiger partial charge in [0.15, 0.2) is 5.78 Å². The molecular formula is C25H34O. The van der Waals surface area contributed by atoms with Crippen molar-refractivity contribution in [1.82, 2.24) is 0 Å². The van der Waals surface area contributed by atoms with Gasteiger partial charge in [-0.2, -0.15) is 0 Å². The first-order chi connectivity index (χ1) is 12.0. The third kappa shape index (κ3) is 3.46. The molecule has 3 rings (SSSR count). The molecule has 1 aromatic rings. The van der Waals surface area contributed by atoms with Crippen LogP contribution in [-0.2, 0) is 21.0 Å². The van der Waals surface area contributed by atoms with Crippen molar-refractivity contribution in [2.45, 2.75) is 84.0 Å². The normalized spacial score (nSPS) is 29.5. The summed E-state index contributed by atoms with van der Waals surface area (Å²) in [5, 5.41) is 0. The minimum absolute atomic E-state index is 0.116. The van der Waals surface area contributed by atoms with Gasteiger partial charge in [-0.05, 0) is 83.6 Å². The summed E-state index contributed by atoms with van der Waals surface area (Å²) in [6.07, 6.45) is 9.83. The first kappa shape index (κ1) is 19.1. The molecule has 0 saturated heterocycles. The molecule has 2 aliphatic carbocycles. The molecule has 0 heterocycles. The molecule has 1 saturated carbocycles. The van der Waals surface area contributed by atoms with E-state index in [-0.39, 0.29) is 22.0 Å². The van der Waals surface area contributed by atoms with Crippen LogP contribution in [0.4, 0.5) is 0 Å². The fourth-order valence-corrected chi connectivity index (χ4v) is 4.59. The smallest absolute Gasteiger partial charge is 0.152 e. The fourth-order valence-electron chi connectivity index (χ4n) is 4.59. The van der Waals surface area contributed by atoms with E-state index in [9.17, 15) is 4.79 Å². The van der Waals surface area contributed by atoms with E-state index < -0.39 is 0 Å². The lowest BCUT2D eigenvalue weighted by Crippen LogP contribution is -2.34. The average molecular weight is 351 g/mol. The monoisotopic (exact) mass is 350 g/mol. The molecule has 2 atom stereocenters. The highest BCUT2D eigenvalue weighted by molar-refractivity contribution is 5.88. The predicted molar refractivity (Wildman–Crippen MR) is 111 cm³/mol. The molecule has 140 valence electrons. The molecule has 0 aromatic heterocycles. The van der Waals surface area contributed by atoms with E-state index >= 15 is 0 Å². The predicted octanol–water partition coefficient (Wildman–Crippen LogP) is 6.40. The number of fused-ring (bicyclic) bond motifs is 1. The first-order valence-corrected chi connectivity index (χ1v) is 9.98. The third-order valence-corrected chi connectivity index (χ3v) is 6.84. The van der Waals surface area contributed by atoms with Crippen molar-refractivity contribution in [3.8, 4) is 0 Å². The van der Waals surface area contributed by atoms with Crippen LogP contribution in [0, 0.1) is 5.92 Å². The molecule has 1 nitrogen and oxygen atoms in total. The van der Waals surface area contributed by atoms with Gasteiger partial charge in [-0.15, -0.1) is 0 Å². The molecule has 0 amide bonds. The van der Waals surface area contributed by atoms with Crippen molar-refractivity contribution in [2.24, 2.45) is 5.92 Å². The van der Waals surface area contributed by atoms with E-state index in [2.05, 4.69) is 65.0 Å². The van der Waals surface area contributed by atoms with Crippen molar-refractivity contribution in [2.75, 3.05) is 0 Å². The number of ketones is 1. The van der Waals surface area contributed by atoms with Gasteiger partial charge >= 0.3 is 0 Å². The maximum Gasteiger partial charge on any atom is 0.152 e. The lowest BCUT2D eigenvalue weighted by Gasteiger charge is -2.42. The fraction of sp³-hybridized carbons (Fsp3) is 0.560. The highest BCUT2D eigenvalue weighted by Gasteiger charge is 2.50. The zero-order valence-electron chi connectivity index (χ0n) is 17.6. The molecule has 1 aromatic carbocycles. The van der Waals surface area contributed by atoms with Gasteiger partial charge in [0.05, 0.1) is 0 Å². The van der Waals surface area contributed by atoms with Gasteiger partial charge in [-0.1, -0.05) is 65.0 Å². The number of benzene rings is 1. The molecule has 0 N–H and O–H groups in total. The van der Waals surface area contributed by atoms with Crippen molar-refractivity contribution in [3.63, 3.8) is 0 Å². The molecule has 2 unspecified atom stereocenters. The Morgan fingerprint density at radius 2 is 1.62 bits per heavy atom. The lowest BCUT2D eigenvalue weighted by atomic mass is 9.62. The number of carbonyl (C=O) groups excluding carboxylic acids is 1. The summed E-state index contributed by atoms with van der Waals surface area (Å²) >= 11 is 0. The molecule has 1 fully saturated rings. The highest BCUT2D eigenvalue weighted by atomic mass is 16.1. The molecule has 0 aliphatic heterocycles. The van der Waals surface area contributed by atoms with Crippen LogP contribution in [0.5, 0.6) is 0 Å². The highest BCUT2D eigenvalue weighted by Crippen LogP contribution is 2.56. The van der Waals surface area contributed by atoms with Gasteiger partial charge in [0.25, 0.3) is 0 Å². The summed E-state index contributed by atoms with van der Waals surface area (Å²) in [6.45, 7) is 15.6. The summed E-state index contributed by atoms with van der Waals surface area (Å²) in [5.41, 5.74) is 6.38. The second-order valence-electron chi connectivity index (χ2n) is 10.1. The van der Waals surface area contributed by atoms with Crippen LogP contribution >= 0.6 is 0 Å². The standard InChI is InChI=1S/C25H34O/c1-17(14-18(2)26)8-9-20-16-25(20,7)19-10-11-21-22(15-19)24(5,6)13-12-23(21,3)4/h8-11,14-15,20H,12-13,16H2,1-7H3/b9-8+,17-14+. The topological polar surface area (TPSA) is 17.1 Å². The lowest BCUT2D eigenvalue weighted by molar-refractivity contribution is -0.112. The van der Waals surface area contributed by atoms with E-state index in [1.807, 2.05) is 6.92 Å². The van der Waals surface area contributed by atoms with Crippen LogP contribution in [-0.4, -0.2) is 5.78 Å². The molecule has 0 spiro atoms. The van der Waals surface area contributed by atoms with Crippen molar-refractivity contribution < 1.29 is 4.79 Å². The van der Waals surface area contributed by atoms with Crippen LogP contribution in [0.3, 0.4) is 0 Å². The molecule has 1 heteroatoms. The summed E-state index contributed by atoms with van der Waals surface area (Å²) < 4.78 is 0. The van der Waals surface area contributed by atoms with Gasteiger partial charge in [0.1, 0.15) is 0 Å². The summed E-state index contributed by atoms with van der Waals surface area (Å²) in [5.74, 6) is 0.681. The Hall–Kier alpha value is -1.63. The second-order valence-corrected chi connectivity index (χ2v) is 10.1. The van der Waals surface area contributed by atoms with Gasteiger partial charge in [-0.25, -0.2) is 0 Å². The van der Waals surface area contributed by atoms with Crippen LogP contribution in [0.15, 0.2) is 42.0 Å². The number of hydrogen-bond donors (Lipinski definition) is 0. The zero-order chi connectivity index (χ0) is 19.3. The van der Waals surface area contributed by atoms with Crippen LogP contribution in [0.25, 0.3) is 0 Å². The van der Waals surface area contributed by atoms with Gasteiger partial charge in [0, 0.05) is 0 Å². The first-order valence-electron chi connectivity index (χ1n) is 9.98. The van der Waals surface area contributed by atoms with Gasteiger partial charge in [-0.3, -0.25) is 4.79 Å². The number of rotatable bonds is 4. The molecule has 0 bridgehead atoms. The minimum Gasteiger partial charge on any atom is -0.295 e. The Balaban J connectivity index is 1.88. The largest absolute Gasteiger partial charge is 0.295 e. The summed E-state index contributed by atoms with van der Waals surface area (Å²) in [6, 6.07) is 7.27. The Morgan fingerprint density at radius 3 is 2.23 bits per heavy atom. The zero-order valence-corrected chi connectivity index (χ0v) is 17.6. The van der Waals surface area contributed by atoms with Gasteiger partial charge in [0.2, 0.25) is 0 Å². The molecule has 26 heavy (non-hydrogen) atoms. The summed E-state index contributed by atoms with van der Waals surface area (Å²) in [7, 11) is 0. The van der Waals surface area contributed by atoms with E-state index in [1.165, 1.54) is 30.4 Å². The maximum absolute atomic E-state index is 11.2. The Bertz CT molecular complexity index is 790. The summed E-state index contributed by atoms with van der Waals surface area (Å²) in [4.78, 5) is 11.2. The third-order valence-electron chi connectivity index (χ3n) is 6.84. The number of allylic oxidation sites excluding steroid dienone is 4. The average Bonchev–Trinajstić information content (AvgIpc) is 3.21. The Labute approximate surface area is 159 Å². The van der Waals surface area contributed by atoms with E-state index in [4.69, 9.17) is 0 Å². The Morgan fingerprint density at radius 1 is 1.00 bits per heavy atom. The van der Waals surface area contributed by atoms with Crippen LogP contribution < -0.4 is 0 Å². The molecule has 2 aliphatic rings. The van der Waals surface area contributed by atoms with Crippen molar-refractivity contribution >= 4 is 5.78 Å². The molecular weight excluding hydrogens is 316 g/mol. The molecule has 0 radical (unpaired) electrons. The SMILES string of the molecule is CC(=O)/C=C(C)/C=C/C1CC1(C)c1ccc2c(c1)C(C)(C)CCC2(C)C. The second kappa shape index (κ2) is 6.22. The number of hydrogen-bond acceptors (Lipinski definition) is 1. The number of carbonyl (C=O) groups is 1. The van der Waals surface area contributed by atoms with Gasteiger partial charge < -0.3 is 0 Å². The van der Waals surface area contributed by atoms with Crippen LogP contribution in [0.1, 0.15) is 84.4 Å². The van der Waals surface area contributed by atoms with E-state index in [0.717, 1.165) is 5.57 Å².